The molecule has 0 saturated carbocycles. The van der Waals surface area contributed by atoms with Crippen LogP contribution in [0.4, 0.5) is 0 Å². The molecule has 0 aromatic rings. The highest BCUT2D eigenvalue weighted by Gasteiger charge is 2.18. The summed E-state index contributed by atoms with van der Waals surface area (Å²) < 4.78 is 5.68. The van der Waals surface area contributed by atoms with Crippen molar-refractivity contribution in [2.45, 2.75) is 58.3 Å². The van der Waals surface area contributed by atoms with E-state index in [1.54, 1.807) is 0 Å². The zero-order valence-electron chi connectivity index (χ0n) is 9.84. The van der Waals surface area contributed by atoms with Crippen molar-refractivity contribution in [1.82, 2.24) is 5.32 Å². The van der Waals surface area contributed by atoms with Crippen LogP contribution in [0.5, 0.6) is 0 Å². The van der Waals surface area contributed by atoms with Gasteiger partial charge in [-0.15, -0.1) is 0 Å². The zero-order valence-corrected chi connectivity index (χ0v) is 9.84. The van der Waals surface area contributed by atoms with E-state index in [1.165, 1.54) is 12.8 Å². The minimum absolute atomic E-state index is 0.203. The van der Waals surface area contributed by atoms with Crippen molar-refractivity contribution >= 4 is 0 Å². The van der Waals surface area contributed by atoms with E-state index in [4.69, 9.17) is 4.74 Å². The fourth-order valence-corrected chi connectivity index (χ4v) is 1.56. The highest BCUT2D eigenvalue weighted by molar-refractivity contribution is 4.94. The van der Waals surface area contributed by atoms with E-state index in [2.05, 4.69) is 45.2 Å². The molecule has 0 aromatic carbocycles. The van der Waals surface area contributed by atoms with E-state index in [0.29, 0.717) is 12.2 Å². The predicted octanol–water partition coefficient (Wildman–Crippen LogP) is 2.50. The first-order chi connectivity index (χ1) is 6.47. The summed E-state index contributed by atoms with van der Waals surface area (Å²) >= 11 is 0. The molecule has 0 amide bonds. The topological polar surface area (TPSA) is 21.3 Å². The molecule has 0 aliphatic carbocycles. The van der Waals surface area contributed by atoms with Gasteiger partial charge in [-0.25, -0.2) is 0 Å². The van der Waals surface area contributed by atoms with Gasteiger partial charge in [0.1, 0.15) is 0 Å². The Kier molecular flexibility index (Phi) is 4.14. The second-order valence-corrected chi connectivity index (χ2v) is 5.12. The third kappa shape index (κ3) is 4.77. The number of ether oxygens (including phenoxy) is 1. The highest BCUT2D eigenvalue weighted by atomic mass is 16.5. The summed E-state index contributed by atoms with van der Waals surface area (Å²) in [4.78, 5) is 0. The molecule has 2 nitrogen and oxygen atoms in total. The summed E-state index contributed by atoms with van der Waals surface area (Å²) in [5.74, 6) is 0. The van der Waals surface area contributed by atoms with Gasteiger partial charge < -0.3 is 10.1 Å². The van der Waals surface area contributed by atoms with Crippen molar-refractivity contribution in [2.75, 3.05) is 6.54 Å². The SMILES string of the molecule is CC1CCC(/C=C/CNC(C)(C)C)O1. The van der Waals surface area contributed by atoms with Gasteiger partial charge in [-0.05, 0) is 40.5 Å². The van der Waals surface area contributed by atoms with Crippen LogP contribution >= 0.6 is 0 Å². The van der Waals surface area contributed by atoms with E-state index in [9.17, 15) is 0 Å². The van der Waals surface area contributed by atoms with Crippen LogP contribution in [-0.2, 0) is 4.74 Å². The van der Waals surface area contributed by atoms with Crippen molar-refractivity contribution in [3.05, 3.63) is 12.2 Å². The molecule has 0 bridgehead atoms. The van der Waals surface area contributed by atoms with Crippen LogP contribution in [-0.4, -0.2) is 24.3 Å². The Labute approximate surface area is 87.7 Å². The molecule has 82 valence electrons. The van der Waals surface area contributed by atoms with Crippen molar-refractivity contribution in [3.8, 4) is 0 Å². The number of hydrogen-bond acceptors (Lipinski definition) is 2. The van der Waals surface area contributed by atoms with Gasteiger partial charge in [0.2, 0.25) is 0 Å². The fraction of sp³-hybridized carbons (Fsp3) is 0.833. The van der Waals surface area contributed by atoms with E-state index >= 15 is 0 Å². The maximum atomic E-state index is 5.68. The zero-order chi connectivity index (χ0) is 10.6. The van der Waals surface area contributed by atoms with Gasteiger partial charge in [0.05, 0.1) is 12.2 Å². The molecule has 0 aromatic heterocycles. The average Bonchev–Trinajstić information content (AvgIpc) is 2.44. The Hall–Kier alpha value is -0.340. The normalized spacial score (nSPS) is 28.9. The molecule has 0 spiro atoms. The molecule has 1 aliphatic heterocycles. The van der Waals surface area contributed by atoms with Crippen LogP contribution < -0.4 is 5.32 Å². The third-order valence-corrected chi connectivity index (χ3v) is 2.37. The van der Waals surface area contributed by atoms with Gasteiger partial charge in [-0.1, -0.05) is 12.2 Å². The smallest absolute Gasteiger partial charge is 0.0760 e. The lowest BCUT2D eigenvalue weighted by atomic mass is 10.1. The second kappa shape index (κ2) is 4.94. The first-order valence-electron chi connectivity index (χ1n) is 5.54. The Morgan fingerprint density at radius 1 is 1.36 bits per heavy atom. The molecule has 1 heterocycles. The van der Waals surface area contributed by atoms with Crippen molar-refractivity contribution in [2.24, 2.45) is 0 Å². The Bertz CT molecular complexity index is 193. The molecule has 1 fully saturated rings. The Morgan fingerprint density at radius 3 is 2.57 bits per heavy atom. The number of hydrogen-bond donors (Lipinski definition) is 1. The predicted molar refractivity (Wildman–Crippen MR) is 60.5 cm³/mol. The molecule has 1 rings (SSSR count). The van der Waals surface area contributed by atoms with Gasteiger partial charge in [0.15, 0.2) is 0 Å². The van der Waals surface area contributed by atoms with Gasteiger partial charge in [-0.3, -0.25) is 0 Å². The largest absolute Gasteiger partial charge is 0.371 e. The summed E-state index contributed by atoms with van der Waals surface area (Å²) in [5.41, 5.74) is 0.203. The van der Waals surface area contributed by atoms with Crippen molar-refractivity contribution in [3.63, 3.8) is 0 Å². The molecular weight excluding hydrogens is 174 g/mol. The lowest BCUT2D eigenvalue weighted by Gasteiger charge is -2.19. The quantitative estimate of drug-likeness (QED) is 0.702. The minimum atomic E-state index is 0.203. The van der Waals surface area contributed by atoms with E-state index in [0.717, 1.165) is 6.54 Å². The molecule has 2 heteroatoms. The molecule has 2 unspecified atom stereocenters. The maximum Gasteiger partial charge on any atom is 0.0760 e. The Balaban J connectivity index is 2.15. The summed E-state index contributed by atoms with van der Waals surface area (Å²) in [6.07, 6.45) is 7.53. The van der Waals surface area contributed by atoms with Crippen molar-refractivity contribution in [1.29, 1.82) is 0 Å². The van der Waals surface area contributed by atoms with Crippen LogP contribution in [0.3, 0.4) is 0 Å². The summed E-state index contributed by atoms with van der Waals surface area (Å²) in [6, 6.07) is 0. The standard InChI is InChI=1S/C12H23NO/c1-10-7-8-11(14-10)6-5-9-13-12(2,3)4/h5-6,10-11,13H,7-9H2,1-4H3/b6-5+. The van der Waals surface area contributed by atoms with Crippen LogP contribution in [0.2, 0.25) is 0 Å². The molecular formula is C12H23NO. The monoisotopic (exact) mass is 197 g/mol. The molecule has 1 N–H and O–H groups in total. The third-order valence-electron chi connectivity index (χ3n) is 2.37. The highest BCUT2D eigenvalue weighted by Crippen LogP contribution is 2.19. The second-order valence-electron chi connectivity index (χ2n) is 5.12. The van der Waals surface area contributed by atoms with Gasteiger partial charge in [0.25, 0.3) is 0 Å². The van der Waals surface area contributed by atoms with Crippen LogP contribution in [0.15, 0.2) is 12.2 Å². The van der Waals surface area contributed by atoms with Crippen LogP contribution in [0.1, 0.15) is 40.5 Å². The van der Waals surface area contributed by atoms with E-state index in [-0.39, 0.29) is 5.54 Å². The van der Waals surface area contributed by atoms with Crippen LogP contribution in [0, 0.1) is 0 Å². The molecule has 2 atom stereocenters. The maximum absolute atomic E-state index is 5.68. The fourth-order valence-electron chi connectivity index (χ4n) is 1.56. The summed E-state index contributed by atoms with van der Waals surface area (Å²) in [5, 5.41) is 3.41. The van der Waals surface area contributed by atoms with Gasteiger partial charge >= 0.3 is 0 Å². The summed E-state index contributed by atoms with van der Waals surface area (Å²) in [6.45, 7) is 9.60. The first-order valence-corrected chi connectivity index (χ1v) is 5.54. The van der Waals surface area contributed by atoms with Gasteiger partial charge in [0, 0.05) is 12.1 Å². The van der Waals surface area contributed by atoms with E-state index in [1.807, 2.05) is 0 Å². The summed E-state index contributed by atoms with van der Waals surface area (Å²) in [7, 11) is 0. The number of nitrogens with one attached hydrogen (secondary N) is 1. The molecule has 1 saturated heterocycles. The lowest BCUT2D eigenvalue weighted by molar-refractivity contribution is 0.0832. The minimum Gasteiger partial charge on any atom is -0.371 e. The van der Waals surface area contributed by atoms with Crippen molar-refractivity contribution < 1.29 is 4.74 Å². The average molecular weight is 197 g/mol. The lowest BCUT2D eigenvalue weighted by Crippen LogP contribution is -2.35. The molecule has 14 heavy (non-hydrogen) atoms. The van der Waals surface area contributed by atoms with E-state index < -0.39 is 0 Å². The van der Waals surface area contributed by atoms with Gasteiger partial charge in [-0.2, -0.15) is 0 Å². The number of rotatable bonds is 3. The first kappa shape index (κ1) is 11.7. The molecule has 0 radical (unpaired) electrons. The van der Waals surface area contributed by atoms with Crippen LogP contribution in [0.25, 0.3) is 0 Å². The molecule has 1 aliphatic rings. The Morgan fingerprint density at radius 2 is 2.07 bits per heavy atom.